The lowest BCUT2D eigenvalue weighted by Gasteiger charge is -2.34. The van der Waals surface area contributed by atoms with Crippen LogP contribution in [-0.2, 0) is 26.2 Å². The molecule has 1 N–H and O–H groups in total. The second-order valence-corrected chi connectivity index (χ2v) is 12.5. The monoisotopic (exact) mass is 607 g/mol. The molecule has 0 aromatic heterocycles. The van der Waals surface area contributed by atoms with Crippen LogP contribution in [-0.4, -0.2) is 58.0 Å². The van der Waals surface area contributed by atoms with Gasteiger partial charge in [-0.2, -0.15) is 0 Å². The molecule has 10 heteroatoms. The molecule has 3 aromatic rings. The number of hydrogen-bond donors (Lipinski definition) is 1. The number of carbonyl (C=O) groups excluding carboxylic acids is 2. The lowest BCUT2D eigenvalue weighted by Crippen LogP contribution is -2.54. The van der Waals surface area contributed by atoms with Gasteiger partial charge in [-0.3, -0.25) is 13.9 Å². The Bertz CT molecular complexity index is 1460. The van der Waals surface area contributed by atoms with Crippen LogP contribution < -0.4 is 19.1 Å². The minimum absolute atomic E-state index is 0.0393. The summed E-state index contributed by atoms with van der Waals surface area (Å²) in [6.45, 7) is 1.45. The van der Waals surface area contributed by atoms with Crippen molar-refractivity contribution in [2.75, 3.05) is 25.1 Å². The maximum atomic E-state index is 14.3. The van der Waals surface area contributed by atoms with Gasteiger partial charge in [-0.1, -0.05) is 68.7 Å². The number of amides is 2. The molecule has 0 bridgehead atoms. The van der Waals surface area contributed by atoms with Crippen molar-refractivity contribution in [3.63, 3.8) is 0 Å². The maximum Gasteiger partial charge on any atom is 0.264 e. The summed E-state index contributed by atoms with van der Waals surface area (Å²) in [5.41, 5.74) is 1.01. The van der Waals surface area contributed by atoms with Gasteiger partial charge >= 0.3 is 0 Å². The van der Waals surface area contributed by atoms with Crippen LogP contribution in [0.3, 0.4) is 0 Å². The molecule has 43 heavy (non-hydrogen) atoms. The highest BCUT2D eigenvalue weighted by Crippen LogP contribution is 2.32. The molecule has 2 amide bonds. The Morgan fingerprint density at radius 3 is 2.16 bits per heavy atom. The van der Waals surface area contributed by atoms with Gasteiger partial charge in [0, 0.05) is 12.6 Å². The first-order chi connectivity index (χ1) is 20.8. The minimum Gasteiger partial charge on any atom is -0.497 e. The summed E-state index contributed by atoms with van der Waals surface area (Å²) in [6.07, 6.45) is 5.45. The Hall–Kier alpha value is -4.05. The molecule has 9 nitrogen and oxygen atoms in total. The Balaban J connectivity index is 1.72. The second-order valence-electron chi connectivity index (χ2n) is 10.6. The fourth-order valence-electron chi connectivity index (χ4n) is 5.46. The molecular formula is C33H41N3O6S. The van der Waals surface area contributed by atoms with Gasteiger partial charge in [0.25, 0.3) is 10.0 Å². The van der Waals surface area contributed by atoms with Gasteiger partial charge in [0.1, 0.15) is 24.1 Å². The molecule has 230 valence electrons. The van der Waals surface area contributed by atoms with Crippen LogP contribution in [0.25, 0.3) is 0 Å². The number of ether oxygens (including phenoxy) is 2. The van der Waals surface area contributed by atoms with Gasteiger partial charge < -0.3 is 19.7 Å². The molecule has 1 aliphatic carbocycles. The first-order valence-electron chi connectivity index (χ1n) is 14.7. The molecule has 1 fully saturated rings. The number of anilines is 1. The molecule has 0 heterocycles. The highest BCUT2D eigenvalue weighted by atomic mass is 32.2. The number of methoxy groups -OCH3 is 2. The molecule has 0 radical (unpaired) electrons. The van der Waals surface area contributed by atoms with Crippen molar-refractivity contribution < 1.29 is 27.5 Å². The smallest absolute Gasteiger partial charge is 0.264 e. The normalized spacial score (nSPS) is 14.4. The molecule has 0 saturated heterocycles. The summed E-state index contributed by atoms with van der Waals surface area (Å²) in [5, 5.41) is 3.16. The lowest BCUT2D eigenvalue weighted by atomic mass is 9.95. The fraction of sp³-hybridized carbons (Fsp3) is 0.394. The van der Waals surface area contributed by atoms with Crippen molar-refractivity contribution >= 4 is 27.5 Å². The molecule has 1 aliphatic rings. The SMILES string of the molecule is CC[C@H](C(=O)NC1CCCCC1)N(Cc1ccc(OC)cc1)C(=O)CN(c1ccccc1OC)S(=O)(=O)c1ccccc1. The highest BCUT2D eigenvalue weighted by Gasteiger charge is 2.35. The third-order valence-corrected chi connectivity index (χ3v) is 9.59. The van der Waals surface area contributed by atoms with E-state index in [1.807, 2.05) is 19.1 Å². The second kappa shape index (κ2) is 14.9. The number of rotatable bonds is 13. The van der Waals surface area contributed by atoms with Crippen molar-refractivity contribution in [1.29, 1.82) is 0 Å². The van der Waals surface area contributed by atoms with Crippen LogP contribution in [0.1, 0.15) is 51.0 Å². The first-order valence-corrected chi connectivity index (χ1v) is 16.2. The predicted molar refractivity (Wildman–Crippen MR) is 167 cm³/mol. The Kier molecular flexibility index (Phi) is 11.1. The van der Waals surface area contributed by atoms with E-state index in [0.29, 0.717) is 17.9 Å². The summed E-state index contributed by atoms with van der Waals surface area (Å²) >= 11 is 0. The van der Waals surface area contributed by atoms with Gasteiger partial charge in [-0.05, 0) is 61.2 Å². The topological polar surface area (TPSA) is 105 Å². The zero-order chi connectivity index (χ0) is 30.8. The summed E-state index contributed by atoms with van der Waals surface area (Å²) in [5.74, 6) is 0.233. The number of sulfonamides is 1. The number of nitrogens with one attached hydrogen (secondary N) is 1. The summed E-state index contributed by atoms with van der Waals surface area (Å²) < 4.78 is 39.9. The zero-order valence-corrected chi connectivity index (χ0v) is 25.9. The quantitative estimate of drug-likeness (QED) is 0.288. The molecule has 0 spiro atoms. The summed E-state index contributed by atoms with van der Waals surface area (Å²) in [6, 6.07) is 21.2. The Morgan fingerprint density at radius 2 is 1.53 bits per heavy atom. The van der Waals surface area contributed by atoms with Gasteiger partial charge in [-0.15, -0.1) is 0 Å². The minimum atomic E-state index is -4.18. The van der Waals surface area contributed by atoms with E-state index in [4.69, 9.17) is 9.47 Å². The third kappa shape index (κ3) is 7.87. The van der Waals surface area contributed by atoms with Gasteiger partial charge in [0.15, 0.2) is 0 Å². The van der Waals surface area contributed by atoms with E-state index in [0.717, 1.165) is 42.0 Å². The van der Waals surface area contributed by atoms with Crippen LogP contribution in [0.2, 0.25) is 0 Å². The number of para-hydroxylation sites is 2. The van der Waals surface area contributed by atoms with E-state index >= 15 is 0 Å². The third-order valence-electron chi connectivity index (χ3n) is 7.81. The van der Waals surface area contributed by atoms with E-state index in [1.165, 1.54) is 24.1 Å². The van der Waals surface area contributed by atoms with Crippen molar-refractivity contribution in [3.8, 4) is 11.5 Å². The van der Waals surface area contributed by atoms with Crippen LogP contribution in [0.5, 0.6) is 11.5 Å². The lowest BCUT2D eigenvalue weighted by molar-refractivity contribution is -0.140. The molecule has 0 aliphatic heterocycles. The molecular weight excluding hydrogens is 566 g/mol. The highest BCUT2D eigenvalue weighted by molar-refractivity contribution is 7.92. The first kappa shape index (κ1) is 31.9. The Labute approximate surface area is 254 Å². The average molecular weight is 608 g/mol. The average Bonchev–Trinajstić information content (AvgIpc) is 3.04. The summed E-state index contributed by atoms with van der Waals surface area (Å²) in [7, 11) is -1.16. The van der Waals surface area contributed by atoms with Crippen molar-refractivity contribution in [3.05, 3.63) is 84.4 Å². The predicted octanol–water partition coefficient (Wildman–Crippen LogP) is 5.16. The van der Waals surface area contributed by atoms with Crippen molar-refractivity contribution in [2.45, 2.75) is 69.0 Å². The van der Waals surface area contributed by atoms with Gasteiger partial charge in [0.2, 0.25) is 11.8 Å². The maximum absolute atomic E-state index is 14.3. The largest absolute Gasteiger partial charge is 0.497 e. The molecule has 1 atom stereocenters. The van der Waals surface area contributed by atoms with E-state index in [9.17, 15) is 18.0 Å². The molecule has 1 saturated carbocycles. The van der Waals surface area contributed by atoms with Gasteiger partial charge in [0.05, 0.1) is 24.8 Å². The number of hydrogen-bond acceptors (Lipinski definition) is 6. The van der Waals surface area contributed by atoms with Gasteiger partial charge in [-0.25, -0.2) is 8.42 Å². The van der Waals surface area contributed by atoms with E-state index in [1.54, 1.807) is 61.7 Å². The van der Waals surface area contributed by atoms with Crippen LogP contribution in [0.15, 0.2) is 83.8 Å². The van der Waals surface area contributed by atoms with E-state index in [-0.39, 0.29) is 29.1 Å². The van der Waals surface area contributed by atoms with Crippen LogP contribution in [0, 0.1) is 0 Å². The number of benzene rings is 3. The fourth-order valence-corrected chi connectivity index (χ4v) is 6.91. The zero-order valence-electron chi connectivity index (χ0n) is 25.1. The standard InChI is InChI=1S/C33H41N3O6S/c1-4-29(33(38)34-26-13-7-5-8-14-26)35(23-25-19-21-27(41-2)22-20-25)32(37)24-36(30-17-11-12-18-31(30)42-3)43(39,40)28-15-9-6-10-16-28/h6,9-12,15-22,26,29H,4-5,7-8,13-14,23-24H2,1-3H3,(H,34,38)/t29-/m1/s1. The Morgan fingerprint density at radius 1 is 0.884 bits per heavy atom. The van der Waals surface area contributed by atoms with E-state index < -0.39 is 28.5 Å². The molecule has 3 aromatic carbocycles. The van der Waals surface area contributed by atoms with Crippen molar-refractivity contribution in [2.24, 2.45) is 0 Å². The van der Waals surface area contributed by atoms with E-state index in [2.05, 4.69) is 5.32 Å². The molecule has 4 rings (SSSR count). The summed E-state index contributed by atoms with van der Waals surface area (Å²) in [4.78, 5) is 29.5. The van der Waals surface area contributed by atoms with Crippen LogP contribution >= 0.6 is 0 Å². The number of nitrogens with zero attached hydrogens (tertiary/aromatic N) is 2. The number of carbonyl (C=O) groups is 2. The molecule has 0 unspecified atom stereocenters. The van der Waals surface area contributed by atoms with Crippen LogP contribution in [0.4, 0.5) is 5.69 Å². The van der Waals surface area contributed by atoms with Crippen molar-refractivity contribution in [1.82, 2.24) is 10.2 Å².